The van der Waals surface area contributed by atoms with Crippen LogP contribution < -0.4 is 5.32 Å². The maximum absolute atomic E-state index is 10.9. The van der Waals surface area contributed by atoms with Crippen molar-refractivity contribution in [3.63, 3.8) is 0 Å². The van der Waals surface area contributed by atoms with E-state index in [4.69, 9.17) is 9.47 Å². The molecule has 0 aliphatic carbocycles. The van der Waals surface area contributed by atoms with Crippen LogP contribution in [0.2, 0.25) is 0 Å². The molecule has 0 atom stereocenters. The van der Waals surface area contributed by atoms with Gasteiger partial charge < -0.3 is 14.8 Å². The highest BCUT2D eigenvalue weighted by molar-refractivity contribution is 5.75. The van der Waals surface area contributed by atoms with Crippen LogP contribution in [0.15, 0.2) is 30.3 Å². The molecule has 0 bridgehead atoms. The molecule has 0 unspecified atom stereocenters. The number of carbonyl (C=O) groups is 1. The van der Waals surface area contributed by atoms with E-state index < -0.39 is 0 Å². The number of rotatable bonds is 8. The van der Waals surface area contributed by atoms with Crippen LogP contribution in [0, 0.1) is 0 Å². The van der Waals surface area contributed by atoms with Gasteiger partial charge in [0.05, 0.1) is 26.4 Å². The van der Waals surface area contributed by atoms with Gasteiger partial charge >= 0.3 is 0 Å². The van der Waals surface area contributed by atoms with E-state index >= 15 is 0 Å². The summed E-state index contributed by atoms with van der Waals surface area (Å²) in [5.41, 5.74) is 1.15. The van der Waals surface area contributed by atoms with Gasteiger partial charge in [-0.25, -0.2) is 0 Å². The van der Waals surface area contributed by atoms with Crippen LogP contribution >= 0.6 is 0 Å². The van der Waals surface area contributed by atoms with E-state index in [9.17, 15) is 4.79 Å². The summed E-state index contributed by atoms with van der Waals surface area (Å²) in [5.74, 6) is -0.00444. The molecule has 4 heteroatoms. The molecular weight excluding hydrogens is 242 g/mol. The van der Waals surface area contributed by atoms with Gasteiger partial charge in [-0.15, -0.1) is 0 Å². The lowest BCUT2D eigenvalue weighted by Gasteiger charge is -2.05. The third kappa shape index (κ3) is 10.2. The normalized spacial score (nSPS) is 9.42. The topological polar surface area (TPSA) is 47.6 Å². The highest BCUT2D eigenvalue weighted by Gasteiger charge is 1.97. The maximum Gasteiger partial charge on any atom is 0.222 e. The van der Waals surface area contributed by atoms with Gasteiger partial charge in [-0.3, -0.25) is 4.79 Å². The molecular formula is C15H25NO3. The minimum atomic E-state index is -0.00444. The number of amides is 1. The average Bonchev–Trinajstić information content (AvgIpc) is 2.49. The van der Waals surface area contributed by atoms with Crippen molar-refractivity contribution in [1.82, 2.24) is 5.32 Å². The second kappa shape index (κ2) is 13.1. The number of benzene rings is 1. The first-order chi connectivity index (χ1) is 9.33. The van der Waals surface area contributed by atoms with Crippen molar-refractivity contribution < 1.29 is 14.3 Å². The average molecular weight is 267 g/mol. The number of ether oxygens (including phenoxy) is 2. The van der Waals surface area contributed by atoms with E-state index in [-0.39, 0.29) is 5.91 Å². The summed E-state index contributed by atoms with van der Waals surface area (Å²) in [4.78, 5) is 10.9. The quantitative estimate of drug-likeness (QED) is 0.736. The van der Waals surface area contributed by atoms with Crippen molar-refractivity contribution >= 4 is 5.91 Å². The fourth-order valence-corrected chi connectivity index (χ4v) is 1.27. The van der Waals surface area contributed by atoms with Crippen LogP contribution in [0.4, 0.5) is 0 Å². The number of carbonyl (C=O) groups excluding carboxylic acids is 1. The van der Waals surface area contributed by atoms with Crippen molar-refractivity contribution in [2.75, 3.05) is 26.9 Å². The van der Waals surface area contributed by atoms with Crippen LogP contribution in [-0.2, 0) is 20.9 Å². The Hall–Kier alpha value is -1.39. The molecule has 1 rings (SSSR count). The summed E-state index contributed by atoms with van der Waals surface area (Å²) >= 11 is 0. The highest BCUT2D eigenvalue weighted by Crippen LogP contribution is 1.99. The summed E-state index contributed by atoms with van der Waals surface area (Å²) in [6, 6.07) is 9.99. The number of hydrogen-bond donors (Lipinski definition) is 1. The molecule has 0 saturated carbocycles. The fraction of sp³-hybridized carbons (Fsp3) is 0.533. The lowest BCUT2D eigenvalue weighted by atomic mass is 10.2. The molecule has 0 spiro atoms. The minimum absolute atomic E-state index is 0.00444. The van der Waals surface area contributed by atoms with Gasteiger partial charge in [0.2, 0.25) is 5.91 Å². The predicted molar refractivity (Wildman–Crippen MR) is 76.9 cm³/mol. The van der Waals surface area contributed by atoms with Crippen LogP contribution in [0.5, 0.6) is 0 Å². The maximum atomic E-state index is 10.9. The number of nitrogens with one attached hydrogen (secondary N) is 1. The molecule has 4 nitrogen and oxygen atoms in total. The van der Waals surface area contributed by atoms with Gasteiger partial charge in [0.25, 0.3) is 0 Å². The third-order valence-electron chi connectivity index (χ3n) is 2.24. The third-order valence-corrected chi connectivity index (χ3v) is 2.24. The Bertz CT molecular complexity index is 314. The number of hydrogen-bond acceptors (Lipinski definition) is 3. The zero-order chi connectivity index (χ0) is 14.3. The molecule has 0 heterocycles. The summed E-state index contributed by atoms with van der Waals surface area (Å²) in [7, 11) is 1.62. The molecule has 1 N–H and O–H groups in total. The van der Waals surface area contributed by atoms with Gasteiger partial charge in [0, 0.05) is 13.5 Å². The monoisotopic (exact) mass is 267 g/mol. The molecule has 0 aliphatic rings. The first kappa shape index (κ1) is 17.6. The van der Waals surface area contributed by atoms with Crippen molar-refractivity contribution in [3.05, 3.63) is 35.9 Å². The van der Waals surface area contributed by atoms with Crippen LogP contribution in [0.3, 0.4) is 0 Å². The van der Waals surface area contributed by atoms with Gasteiger partial charge in [0.15, 0.2) is 0 Å². The van der Waals surface area contributed by atoms with E-state index in [2.05, 4.69) is 5.32 Å². The molecule has 0 aliphatic heterocycles. The van der Waals surface area contributed by atoms with Crippen LogP contribution in [-0.4, -0.2) is 32.8 Å². The molecule has 1 aromatic rings. The Kier molecular flexibility index (Phi) is 12.1. The summed E-state index contributed by atoms with van der Waals surface area (Å²) < 4.78 is 10.7. The van der Waals surface area contributed by atoms with Crippen molar-refractivity contribution in [2.24, 2.45) is 0 Å². The van der Waals surface area contributed by atoms with E-state index in [0.717, 1.165) is 5.56 Å². The summed E-state index contributed by atoms with van der Waals surface area (Å²) in [6.45, 7) is 6.10. The Labute approximate surface area is 116 Å². The minimum Gasteiger partial charge on any atom is -0.379 e. The second-order valence-electron chi connectivity index (χ2n) is 3.57. The Morgan fingerprint density at radius 3 is 2.32 bits per heavy atom. The molecule has 0 saturated heterocycles. The Balaban J connectivity index is 0.00000154. The van der Waals surface area contributed by atoms with E-state index in [1.165, 1.54) is 0 Å². The Morgan fingerprint density at radius 1 is 1.05 bits per heavy atom. The van der Waals surface area contributed by atoms with Crippen molar-refractivity contribution in [1.29, 1.82) is 0 Å². The fourth-order valence-electron chi connectivity index (χ4n) is 1.27. The summed E-state index contributed by atoms with van der Waals surface area (Å²) in [5, 5.41) is 2.54. The van der Waals surface area contributed by atoms with Crippen molar-refractivity contribution in [2.45, 2.75) is 26.9 Å². The van der Waals surface area contributed by atoms with Gasteiger partial charge in [-0.2, -0.15) is 0 Å². The SMILES string of the molecule is CC.CNC(=O)CCOCCOCc1ccccc1. The van der Waals surface area contributed by atoms with E-state index in [0.29, 0.717) is 32.8 Å². The Morgan fingerprint density at radius 2 is 1.68 bits per heavy atom. The molecule has 1 amide bonds. The molecule has 0 radical (unpaired) electrons. The van der Waals surface area contributed by atoms with Crippen LogP contribution in [0.1, 0.15) is 25.8 Å². The molecule has 1 aromatic carbocycles. The highest BCUT2D eigenvalue weighted by atomic mass is 16.5. The standard InChI is InChI=1S/C13H19NO3.C2H6/c1-14-13(15)7-8-16-9-10-17-11-12-5-3-2-4-6-12;1-2/h2-6H,7-11H2,1H3,(H,14,15);1-2H3. The largest absolute Gasteiger partial charge is 0.379 e. The second-order valence-corrected chi connectivity index (χ2v) is 3.57. The first-order valence-corrected chi connectivity index (χ1v) is 6.73. The molecule has 0 aromatic heterocycles. The lowest BCUT2D eigenvalue weighted by molar-refractivity contribution is -0.121. The smallest absolute Gasteiger partial charge is 0.222 e. The zero-order valence-corrected chi connectivity index (χ0v) is 12.1. The summed E-state index contributed by atoms with van der Waals surface area (Å²) in [6.07, 6.45) is 0.398. The van der Waals surface area contributed by atoms with Gasteiger partial charge in [-0.1, -0.05) is 44.2 Å². The van der Waals surface area contributed by atoms with E-state index in [1.807, 2.05) is 44.2 Å². The lowest BCUT2D eigenvalue weighted by Crippen LogP contribution is -2.19. The molecule has 19 heavy (non-hydrogen) atoms. The molecule has 108 valence electrons. The zero-order valence-electron chi connectivity index (χ0n) is 12.1. The van der Waals surface area contributed by atoms with Gasteiger partial charge in [0.1, 0.15) is 0 Å². The van der Waals surface area contributed by atoms with Crippen LogP contribution in [0.25, 0.3) is 0 Å². The van der Waals surface area contributed by atoms with Crippen molar-refractivity contribution in [3.8, 4) is 0 Å². The van der Waals surface area contributed by atoms with Gasteiger partial charge in [-0.05, 0) is 5.56 Å². The predicted octanol–water partition coefficient (Wildman–Crippen LogP) is 2.38. The first-order valence-electron chi connectivity index (χ1n) is 6.73. The molecule has 0 fully saturated rings. The van der Waals surface area contributed by atoms with E-state index in [1.54, 1.807) is 7.05 Å².